The van der Waals surface area contributed by atoms with Crippen molar-refractivity contribution in [2.45, 2.75) is 29.5 Å². The van der Waals surface area contributed by atoms with Gasteiger partial charge in [0.05, 0.1) is 11.4 Å². The van der Waals surface area contributed by atoms with Crippen molar-refractivity contribution in [1.82, 2.24) is 13.9 Å². The van der Waals surface area contributed by atoms with Crippen molar-refractivity contribution in [3.8, 4) is 5.75 Å². The van der Waals surface area contributed by atoms with Crippen molar-refractivity contribution < 1.29 is 13.2 Å². The van der Waals surface area contributed by atoms with E-state index in [1.54, 1.807) is 23.5 Å². The van der Waals surface area contributed by atoms with Gasteiger partial charge in [-0.05, 0) is 42.7 Å². The second kappa shape index (κ2) is 8.47. The smallest absolute Gasteiger partial charge is 0.252 e. The minimum atomic E-state index is -3.47. The highest BCUT2D eigenvalue weighted by atomic mass is 35.5. The Morgan fingerprint density at radius 2 is 1.90 bits per heavy atom. The SMILES string of the molecule is COc1ccc(Cn2ccnc2C2CCN(S(=O)(=O)c3ccc(Cl)s3)CC2)cc1. The molecule has 154 valence electrons. The molecule has 0 atom stereocenters. The third-order valence-electron chi connectivity index (χ3n) is 5.22. The van der Waals surface area contributed by atoms with Gasteiger partial charge in [-0.25, -0.2) is 13.4 Å². The quantitative estimate of drug-likeness (QED) is 0.562. The highest BCUT2D eigenvalue weighted by Gasteiger charge is 2.32. The first-order valence-electron chi connectivity index (χ1n) is 9.37. The lowest BCUT2D eigenvalue weighted by molar-refractivity contribution is 0.310. The number of hydrogen-bond acceptors (Lipinski definition) is 5. The molecular weight excluding hydrogens is 430 g/mol. The fraction of sp³-hybridized carbons (Fsp3) is 0.350. The Morgan fingerprint density at radius 3 is 2.52 bits per heavy atom. The summed E-state index contributed by atoms with van der Waals surface area (Å²) in [6.45, 7) is 1.70. The fourth-order valence-electron chi connectivity index (χ4n) is 3.66. The van der Waals surface area contributed by atoms with E-state index in [-0.39, 0.29) is 5.92 Å². The van der Waals surface area contributed by atoms with E-state index in [9.17, 15) is 8.42 Å². The Kier molecular flexibility index (Phi) is 5.96. The van der Waals surface area contributed by atoms with Crippen LogP contribution in [-0.4, -0.2) is 42.5 Å². The first kappa shape index (κ1) is 20.4. The van der Waals surface area contributed by atoms with Crippen LogP contribution in [0.2, 0.25) is 4.34 Å². The van der Waals surface area contributed by atoms with E-state index in [1.165, 1.54) is 5.56 Å². The minimum absolute atomic E-state index is 0.238. The summed E-state index contributed by atoms with van der Waals surface area (Å²) in [5.41, 5.74) is 1.17. The molecule has 3 heterocycles. The van der Waals surface area contributed by atoms with E-state index < -0.39 is 10.0 Å². The molecule has 0 aliphatic carbocycles. The predicted molar refractivity (Wildman–Crippen MR) is 114 cm³/mol. The van der Waals surface area contributed by atoms with Gasteiger partial charge in [-0.3, -0.25) is 0 Å². The summed E-state index contributed by atoms with van der Waals surface area (Å²) in [5.74, 6) is 2.08. The molecule has 1 saturated heterocycles. The van der Waals surface area contributed by atoms with Gasteiger partial charge >= 0.3 is 0 Å². The summed E-state index contributed by atoms with van der Waals surface area (Å²) in [6.07, 6.45) is 5.29. The molecule has 1 fully saturated rings. The zero-order chi connectivity index (χ0) is 20.4. The molecule has 0 unspecified atom stereocenters. The van der Waals surface area contributed by atoms with Crippen molar-refractivity contribution in [1.29, 1.82) is 0 Å². The highest BCUT2D eigenvalue weighted by Crippen LogP contribution is 2.33. The molecule has 1 aliphatic rings. The van der Waals surface area contributed by atoms with E-state index >= 15 is 0 Å². The topological polar surface area (TPSA) is 64.4 Å². The molecule has 3 aromatic rings. The number of ether oxygens (including phenoxy) is 1. The van der Waals surface area contributed by atoms with Crippen LogP contribution < -0.4 is 4.74 Å². The maximum Gasteiger partial charge on any atom is 0.252 e. The summed E-state index contributed by atoms with van der Waals surface area (Å²) >= 11 is 7.02. The van der Waals surface area contributed by atoms with Gasteiger partial charge in [0.25, 0.3) is 10.0 Å². The summed E-state index contributed by atoms with van der Waals surface area (Å²) in [7, 11) is -1.82. The second-order valence-corrected chi connectivity index (χ2v) is 10.9. The number of thiophene rings is 1. The normalized spacial score (nSPS) is 16.2. The van der Waals surface area contributed by atoms with Crippen LogP contribution in [0.1, 0.15) is 30.1 Å². The lowest BCUT2D eigenvalue weighted by Gasteiger charge is -2.30. The zero-order valence-electron chi connectivity index (χ0n) is 16.0. The van der Waals surface area contributed by atoms with Gasteiger partial charge in [-0.1, -0.05) is 23.7 Å². The summed E-state index contributed by atoms with van der Waals surface area (Å²) in [4.78, 5) is 4.57. The van der Waals surface area contributed by atoms with Crippen LogP contribution in [0.15, 0.2) is 53.0 Å². The van der Waals surface area contributed by atoms with Crippen molar-refractivity contribution in [3.63, 3.8) is 0 Å². The molecule has 0 amide bonds. The monoisotopic (exact) mass is 451 g/mol. The first-order chi connectivity index (χ1) is 14.0. The number of imidazole rings is 1. The van der Waals surface area contributed by atoms with E-state index in [4.69, 9.17) is 16.3 Å². The molecule has 29 heavy (non-hydrogen) atoms. The maximum absolute atomic E-state index is 12.8. The Bertz CT molecular complexity index is 1070. The molecule has 4 rings (SSSR count). The van der Waals surface area contributed by atoms with Crippen molar-refractivity contribution >= 4 is 33.0 Å². The highest BCUT2D eigenvalue weighted by molar-refractivity contribution is 7.91. The lowest BCUT2D eigenvalue weighted by atomic mass is 9.97. The van der Waals surface area contributed by atoms with Crippen LogP contribution in [-0.2, 0) is 16.6 Å². The number of aromatic nitrogens is 2. The molecular formula is C20H22ClN3O3S2. The maximum atomic E-state index is 12.8. The zero-order valence-corrected chi connectivity index (χ0v) is 18.4. The van der Waals surface area contributed by atoms with Crippen molar-refractivity contribution in [2.75, 3.05) is 20.2 Å². The molecule has 1 aliphatic heterocycles. The summed E-state index contributed by atoms with van der Waals surface area (Å²) < 4.78 is 35.3. The number of sulfonamides is 1. The average Bonchev–Trinajstić information content (AvgIpc) is 3.38. The summed E-state index contributed by atoms with van der Waals surface area (Å²) in [6, 6.07) is 11.2. The van der Waals surface area contributed by atoms with Gasteiger partial charge in [0.15, 0.2) is 0 Å². The van der Waals surface area contributed by atoms with Crippen LogP contribution in [0.4, 0.5) is 0 Å². The van der Waals surface area contributed by atoms with Crippen LogP contribution in [0.5, 0.6) is 5.75 Å². The van der Waals surface area contributed by atoms with Crippen molar-refractivity contribution in [2.24, 2.45) is 0 Å². The van der Waals surface area contributed by atoms with E-state index in [0.717, 1.165) is 42.3 Å². The van der Waals surface area contributed by atoms with Gasteiger partial charge in [-0.2, -0.15) is 4.31 Å². The third-order valence-corrected chi connectivity index (χ3v) is 8.82. The van der Waals surface area contributed by atoms with Gasteiger partial charge in [-0.15, -0.1) is 11.3 Å². The van der Waals surface area contributed by atoms with Crippen LogP contribution >= 0.6 is 22.9 Å². The number of nitrogens with zero attached hydrogens (tertiary/aromatic N) is 3. The van der Waals surface area contributed by atoms with Gasteiger partial charge < -0.3 is 9.30 Å². The predicted octanol–water partition coefficient (Wildman–Crippen LogP) is 4.22. The van der Waals surface area contributed by atoms with Crippen molar-refractivity contribution in [3.05, 3.63) is 64.5 Å². The van der Waals surface area contributed by atoms with Gasteiger partial charge in [0.2, 0.25) is 0 Å². The summed E-state index contributed by atoms with van der Waals surface area (Å²) in [5, 5.41) is 0. The van der Waals surface area contributed by atoms with Crippen LogP contribution in [0.25, 0.3) is 0 Å². The van der Waals surface area contributed by atoms with E-state index in [2.05, 4.69) is 9.55 Å². The fourth-order valence-corrected chi connectivity index (χ4v) is 6.77. The third kappa shape index (κ3) is 4.35. The number of piperidine rings is 1. The molecule has 2 aromatic heterocycles. The number of methoxy groups -OCH3 is 1. The molecule has 0 N–H and O–H groups in total. The Balaban J connectivity index is 1.43. The molecule has 1 aromatic carbocycles. The number of benzene rings is 1. The lowest BCUT2D eigenvalue weighted by Crippen LogP contribution is -2.38. The Labute approximate surface area is 179 Å². The second-order valence-electron chi connectivity index (χ2n) is 7.00. The van der Waals surface area contributed by atoms with E-state index in [0.29, 0.717) is 21.6 Å². The Morgan fingerprint density at radius 1 is 1.17 bits per heavy atom. The number of hydrogen-bond donors (Lipinski definition) is 0. The first-order valence-corrected chi connectivity index (χ1v) is 12.0. The molecule has 0 radical (unpaired) electrons. The standard InChI is InChI=1S/C20H22ClN3O3S2/c1-27-17-4-2-15(3-5-17)14-23-13-10-22-20(23)16-8-11-24(12-9-16)29(25,26)19-7-6-18(21)28-19/h2-7,10,13,16H,8-9,11-12,14H2,1H3. The van der Waals surface area contributed by atoms with Crippen LogP contribution in [0, 0.1) is 0 Å². The Hall–Kier alpha value is -1.87. The van der Waals surface area contributed by atoms with Gasteiger partial charge in [0, 0.05) is 37.9 Å². The van der Waals surface area contributed by atoms with Gasteiger partial charge in [0.1, 0.15) is 15.8 Å². The number of halogens is 1. The largest absolute Gasteiger partial charge is 0.497 e. The molecule has 0 saturated carbocycles. The average molecular weight is 452 g/mol. The molecule has 0 spiro atoms. The molecule has 0 bridgehead atoms. The van der Waals surface area contributed by atoms with E-state index in [1.807, 2.05) is 36.7 Å². The molecule has 9 heteroatoms. The molecule has 6 nitrogen and oxygen atoms in total. The minimum Gasteiger partial charge on any atom is -0.497 e. The number of rotatable bonds is 6. The van der Waals surface area contributed by atoms with Crippen LogP contribution in [0.3, 0.4) is 0 Å².